The first kappa shape index (κ1) is 18.8. The molecule has 1 aromatic rings. The second-order valence-corrected chi connectivity index (χ2v) is 9.90. The number of alkyl halides is 3. The predicted octanol–water partition coefficient (Wildman–Crippen LogP) is 5.21. The second kappa shape index (κ2) is 6.00. The standard InChI is InChI=1S/C20H23F3O3S/c1-12-3-5-14-13(11-12)4-6-16-15(14)9-10-19(2)17(16)7-8-18(19)26-27(24,25)20(21,22)23/h3,5,8,11,15-17H,4,6-7,9-10H2,1-2H3/t15?,16?,17?,19-/m0/s1. The summed E-state index contributed by atoms with van der Waals surface area (Å²) in [5.41, 5.74) is -2.08. The zero-order valence-electron chi connectivity index (χ0n) is 15.3. The summed E-state index contributed by atoms with van der Waals surface area (Å²) in [6.45, 7) is 3.94. The van der Waals surface area contributed by atoms with Crippen molar-refractivity contribution in [2.75, 3.05) is 0 Å². The molecule has 0 bridgehead atoms. The Kier molecular flexibility index (Phi) is 4.19. The molecular weight excluding hydrogens is 377 g/mol. The van der Waals surface area contributed by atoms with Crippen molar-refractivity contribution in [3.05, 3.63) is 46.7 Å². The van der Waals surface area contributed by atoms with Crippen LogP contribution in [-0.4, -0.2) is 13.9 Å². The van der Waals surface area contributed by atoms with Crippen LogP contribution < -0.4 is 0 Å². The lowest BCUT2D eigenvalue weighted by molar-refractivity contribution is -0.0544. The first-order valence-corrected chi connectivity index (χ1v) is 10.7. The van der Waals surface area contributed by atoms with Crippen LogP contribution in [0, 0.1) is 24.2 Å². The number of aryl methyl sites for hydroxylation is 2. The van der Waals surface area contributed by atoms with Crippen LogP contribution >= 0.6 is 0 Å². The Bertz CT molecular complexity index is 904. The molecule has 1 saturated carbocycles. The minimum Gasteiger partial charge on any atom is -0.380 e. The van der Waals surface area contributed by atoms with Gasteiger partial charge in [0, 0.05) is 5.41 Å². The number of hydrogen-bond donors (Lipinski definition) is 0. The molecule has 0 radical (unpaired) electrons. The van der Waals surface area contributed by atoms with Gasteiger partial charge in [0.1, 0.15) is 5.76 Å². The van der Waals surface area contributed by atoms with Gasteiger partial charge >= 0.3 is 15.6 Å². The molecule has 148 valence electrons. The summed E-state index contributed by atoms with van der Waals surface area (Å²) in [5.74, 6) is 0.825. The van der Waals surface area contributed by atoms with Crippen LogP contribution in [0.5, 0.6) is 0 Å². The van der Waals surface area contributed by atoms with E-state index in [1.165, 1.54) is 16.7 Å². The largest absolute Gasteiger partial charge is 0.534 e. The first-order chi connectivity index (χ1) is 12.5. The monoisotopic (exact) mass is 400 g/mol. The Morgan fingerprint density at radius 1 is 1.22 bits per heavy atom. The van der Waals surface area contributed by atoms with Crippen LogP contribution in [0.3, 0.4) is 0 Å². The summed E-state index contributed by atoms with van der Waals surface area (Å²) >= 11 is 0. The van der Waals surface area contributed by atoms with Crippen molar-refractivity contribution >= 4 is 10.1 Å². The van der Waals surface area contributed by atoms with Gasteiger partial charge in [-0.05, 0) is 74.0 Å². The Morgan fingerprint density at radius 2 is 1.96 bits per heavy atom. The fourth-order valence-corrected chi connectivity index (χ4v) is 6.12. The Hall–Kier alpha value is -1.50. The van der Waals surface area contributed by atoms with Crippen molar-refractivity contribution < 1.29 is 25.8 Å². The summed E-state index contributed by atoms with van der Waals surface area (Å²) in [7, 11) is -5.62. The molecule has 1 fully saturated rings. The van der Waals surface area contributed by atoms with Gasteiger partial charge in [-0.2, -0.15) is 21.6 Å². The molecule has 0 N–H and O–H groups in total. The van der Waals surface area contributed by atoms with Crippen LogP contribution in [-0.2, 0) is 20.7 Å². The molecule has 0 spiro atoms. The van der Waals surface area contributed by atoms with Crippen LogP contribution in [0.15, 0.2) is 30.0 Å². The Balaban J connectivity index is 1.61. The molecular formula is C20H23F3O3S. The number of allylic oxidation sites excluding steroid dienone is 2. The van der Waals surface area contributed by atoms with Crippen molar-refractivity contribution in [2.24, 2.45) is 17.3 Å². The highest BCUT2D eigenvalue weighted by Crippen LogP contribution is 2.61. The van der Waals surface area contributed by atoms with Crippen LogP contribution in [0.4, 0.5) is 13.2 Å². The summed E-state index contributed by atoms with van der Waals surface area (Å²) in [4.78, 5) is 0. The topological polar surface area (TPSA) is 43.4 Å². The average Bonchev–Trinajstić information content (AvgIpc) is 2.89. The van der Waals surface area contributed by atoms with Crippen molar-refractivity contribution in [3.8, 4) is 0 Å². The van der Waals surface area contributed by atoms with Crippen LogP contribution in [0.2, 0.25) is 0 Å². The summed E-state index contributed by atoms with van der Waals surface area (Å²) in [6, 6.07) is 6.54. The highest BCUT2D eigenvalue weighted by Gasteiger charge is 2.56. The molecule has 3 unspecified atom stereocenters. The normalized spacial score (nSPS) is 32.9. The van der Waals surface area contributed by atoms with Crippen molar-refractivity contribution in [2.45, 2.75) is 57.4 Å². The maximum absolute atomic E-state index is 12.8. The van der Waals surface area contributed by atoms with E-state index in [0.717, 1.165) is 19.3 Å². The van der Waals surface area contributed by atoms with Crippen LogP contribution in [0.25, 0.3) is 0 Å². The fourth-order valence-electron chi connectivity index (χ4n) is 5.53. The molecule has 0 amide bonds. The molecule has 4 rings (SSSR count). The van der Waals surface area contributed by atoms with E-state index in [1.54, 1.807) is 6.08 Å². The van der Waals surface area contributed by atoms with Gasteiger partial charge in [-0.3, -0.25) is 0 Å². The summed E-state index contributed by atoms with van der Waals surface area (Å²) in [6.07, 6.45) is 5.55. The number of benzene rings is 1. The lowest BCUT2D eigenvalue weighted by Crippen LogP contribution is -2.42. The maximum atomic E-state index is 12.8. The van der Waals surface area contributed by atoms with E-state index >= 15 is 0 Å². The molecule has 3 nitrogen and oxygen atoms in total. The highest BCUT2D eigenvalue weighted by atomic mass is 32.2. The molecule has 7 heteroatoms. The Labute approximate surface area is 157 Å². The number of fused-ring (bicyclic) bond motifs is 5. The number of halogens is 3. The summed E-state index contributed by atoms with van der Waals surface area (Å²) in [5, 5.41) is 0. The van der Waals surface area contributed by atoms with Gasteiger partial charge in [0.15, 0.2) is 0 Å². The second-order valence-electron chi connectivity index (χ2n) is 8.36. The third kappa shape index (κ3) is 2.89. The van der Waals surface area contributed by atoms with Crippen molar-refractivity contribution in [1.29, 1.82) is 0 Å². The summed E-state index contributed by atoms with van der Waals surface area (Å²) < 4.78 is 65.9. The van der Waals surface area contributed by atoms with Gasteiger partial charge in [-0.15, -0.1) is 0 Å². The van der Waals surface area contributed by atoms with Gasteiger partial charge in [0.2, 0.25) is 0 Å². The molecule has 0 aromatic heterocycles. The molecule has 27 heavy (non-hydrogen) atoms. The quantitative estimate of drug-likeness (QED) is 0.506. The third-order valence-electron chi connectivity index (χ3n) is 6.87. The van der Waals surface area contributed by atoms with E-state index < -0.39 is 21.0 Å². The molecule has 4 atom stereocenters. The van der Waals surface area contributed by atoms with Gasteiger partial charge in [0.05, 0.1) is 0 Å². The smallest absolute Gasteiger partial charge is 0.380 e. The van der Waals surface area contributed by atoms with E-state index in [4.69, 9.17) is 0 Å². The van der Waals surface area contributed by atoms with E-state index in [0.29, 0.717) is 24.7 Å². The fraction of sp³-hybridized carbons (Fsp3) is 0.600. The SMILES string of the molecule is Cc1ccc2c(c1)CCC1C2CC[C@]2(C)C(OS(=O)(=O)C(F)(F)F)=CCC12. The van der Waals surface area contributed by atoms with E-state index in [-0.39, 0.29) is 11.7 Å². The van der Waals surface area contributed by atoms with Crippen LogP contribution in [0.1, 0.15) is 55.2 Å². The highest BCUT2D eigenvalue weighted by molar-refractivity contribution is 7.87. The number of hydrogen-bond acceptors (Lipinski definition) is 3. The minimum absolute atomic E-state index is 0.0158. The average molecular weight is 400 g/mol. The first-order valence-electron chi connectivity index (χ1n) is 9.34. The van der Waals surface area contributed by atoms with Crippen molar-refractivity contribution in [1.82, 2.24) is 0 Å². The predicted molar refractivity (Wildman–Crippen MR) is 95.3 cm³/mol. The minimum atomic E-state index is -5.62. The molecule has 1 aromatic carbocycles. The molecule has 0 saturated heterocycles. The van der Waals surface area contributed by atoms with Gasteiger partial charge in [-0.1, -0.05) is 30.7 Å². The van der Waals surface area contributed by atoms with Crippen molar-refractivity contribution in [3.63, 3.8) is 0 Å². The van der Waals surface area contributed by atoms with Gasteiger partial charge < -0.3 is 4.18 Å². The molecule has 3 aliphatic carbocycles. The zero-order chi connectivity index (χ0) is 19.6. The lowest BCUT2D eigenvalue weighted by atomic mass is 9.55. The van der Waals surface area contributed by atoms with Gasteiger partial charge in [-0.25, -0.2) is 0 Å². The zero-order valence-corrected chi connectivity index (χ0v) is 16.2. The maximum Gasteiger partial charge on any atom is 0.534 e. The molecule has 0 aliphatic heterocycles. The lowest BCUT2D eigenvalue weighted by Gasteiger charge is -2.49. The Morgan fingerprint density at radius 3 is 2.67 bits per heavy atom. The third-order valence-corrected chi connectivity index (χ3v) is 7.84. The van der Waals surface area contributed by atoms with E-state index in [9.17, 15) is 21.6 Å². The number of rotatable bonds is 2. The molecule has 0 heterocycles. The van der Waals surface area contributed by atoms with E-state index in [2.05, 4.69) is 29.3 Å². The van der Waals surface area contributed by atoms with E-state index in [1.807, 2.05) is 6.92 Å². The van der Waals surface area contributed by atoms with Gasteiger partial charge in [0.25, 0.3) is 0 Å². The molecule has 3 aliphatic rings.